The number of carbonyl (C=O) groups excluding carboxylic acids is 2. The number of hydrogen-bond acceptors (Lipinski definition) is 8. The number of thioether (sulfide) groups is 1. The van der Waals surface area contributed by atoms with Crippen LogP contribution in [0.5, 0.6) is 5.75 Å². The Balaban J connectivity index is 1.84. The Morgan fingerprint density at radius 2 is 2.03 bits per heavy atom. The molecule has 2 aromatic rings. The van der Waals surface area contributed by atoms with E-state index in [0.717, 1.165) is 18.8 Å². The molecule has 0 atom stereocenters. The molecule has 11 heteroatoms. The molecule has 1 aliphatic rings. The highest BCUT2D eigenvalue weighted by molar-refractivity contribution is 8.26. The number of nitro benzene ring substituents is 1. The molecular weight excluding hydrogens is 500 g/mol. The number of rotatable bonds is 11. The van der Waals surface area contributed by atoms with Gasteiger partial charge in [0.25, 0.3) is 17.5 Å². The van der Waals surface area contributed by atoms with Crippen molar-refractivity contribution in [3.63, 3.8) is 0 Å². The van der Waals surface area contributed by atoms with Crippen LogP contribution in [0.15, 0.2) is 60.0 Å². The van der Waals surface area contributed by atoms with E-state index in [1.54, 1.807) is 18.2 Å². The topological polar surface area (TPSA) is 105 Å². The third kappa shape index (κ3) is 6.49. The van der Waals surface area contributed by atoms with Crippen LogP contribution in [0.2, 0.25) is 0 Å². The van der Waals surface area contributed by atoms with Gasteiger partial charge in [0.15, 0.2) is 6.61 Å². The SMILES string of the molecule is C=CCN1C(=O)/C(=C\c2ccc(N(CC)CC)cc2OCC(=O)Nc2cccc([N+](=O)[O-])c2)SC1=S. The van der Waals surface area contributed by atoms with Crippen LogP contribution in [0.3, 0.4) is 0 Å². The van der Waals surface area contributed by atoms with Gasteiger partial charge < -0.3 is 15.0 Å². The molecule has 188 valence electrons. The van der Waals surface area contributed by atoms with Crippen LogP contribution in [0.25, 0.3) is 6.08 Å². The molecule has 1 fully saturated rings. The highest BCUT2D eigenvalue weighted by Gasteiger charge is 2.31. The minimum Gasteiger partial charge on any atom is -0.483 e. The van der Waals surface area contributed by atoms with Crippen LogP contribution in [-0.4, -0.2) is 52.2 Å². The summed E-state index contributed by atoms with van der Waals surface area (Å²) >= 11 is 6.51. The first-order valence-corrected chi connectivity index (χ1v) is 12.4. The molecule has 0 aromatic heterocycles. The maximum atomic E-state index is 12.8. The maximum absolute atomic E-state index is 12.8. The quantitative estimate of drug-likeness (QED) is 0.146. The zero-order chi connectivity index (χ0) is 26.2. The van der Waals surface area contributed by atoms with Crippen molar-refractivity contribution < 1.29 is 19.2 Å². The largest absolute Gasteiger partial charge is 0.483 e. The van der Waals surface area contributed by atoms with Gasteiger partial charge in [-0.3, -0.25) is 24.6 Å². The van der Waals surface area contributed by atoms with Gasteiger partial charge in [0.1, 0.15) is 10.1 Å². The predicted octanol–water partition coefficient (Wildman–Crippen LogP) is 4.85. The van der Waals surface area contributed by atoms with E-state index in [0.29, 0.717) is 32.8 Å². The van der Waals surface area contributed by atoms with Gasteiger partial charge in [-0.15, -0.1) is 6.58 Å². The molecule has 0 saturated carbocycles. The van der Waals surface area contributed by atoms with E-state index in [9.17, 15) is 19.7 Å². The number of nitrogens with zero attached hydrogens (tertiary/aromatic N) is 3. The van der Waals surface area contributed by atoms with E-state index in [1.807, 2.05) is 32.0 Å². The van der Waals surface area contributed by atoms with Gasteiger partial charge in [0.05, 0.1) is 9.83 Å². The monoisotopic (exact) mass is 526 g/mol. The minimum absolute atomic E-state index is 0.128. The molecule has 1 heterocycles. The molecule has 0 radical (unpaired) electrons. The van der Waals surface area contributed by atoms with Crippen molar-refractivity contribution in [1.29, 1.82) is 0 Å². The zero-order valence-corrected chi connectivity index (χ0v) is 21.6. The van der Waals surface area contributed by atoms with E-state index in [-0.39, 0.29) is 18.2 Å². The third-order valence-electron chi connectivity index (χ3n) is 5.30. The van der Waals surface area contributed by atoms with Crippen LogP contribution in [0.4, 0.5) is 17.1 Å². The number of anilines is 2. The van der Waals surface area contributed by atoms with Gasteiger partial charge in [-0.25, -0.2) is 0 Å². The highest BCUT2D eigenvalue weighted by atomic mass is 32.2. The summed E-state index contributed by atoms with van der Waals surface area (Å²) in [5.41, 5.74) is 1.69. The maximum Gasteiger partial charge on any atom is 0.271 e. The van der Waals surface area contributed by atoms with Crippen LogP contribution < -0.4 is 15.0 Å². The Kier molecular flexibility index (Phi) is 9.20. The predicted molar refractivity (Wildman–Crippen MR) is 147 cm³/mol. The Hall–Kier alpha value is -3.70. The first-order chi connectivity index (χ1) is 17.3. The Morgan fingerprint density at radius 1 is 1.28 bits per heavy atom. The van der Waals surface area contributed by atoms with Crippen molar-refractivity contribution in [2.45, 2.75) is 13.8 Å². The summed E-state index contributed by atoms with van der Waals surface area (Å²) < 4.78 is 6.32. The van der Waals surface area contributed by atoms with Gasteiger partial charge in [-0.2, -0.15) is 0 Å². The van der Waals surface area contributed by atoms with Gasteiger partial charge in [0, 0.05) is 54.8 Å². The van der Waals surface area contributed by atoms with Gasteiger partial charge >= 0.3 is 0 Å². The fourth-order valence-corrected chi connectivity index (χ4v) is 4.78. The van der Waals surface area contributed by atoms with Crippen molar-refractivity contribution in [3.8, 4) is 5.75 Å². The number of thiocarbonyl (C=S) groups is 1. The number of amides is 2. The lowest BCUT2D eigenvalue weighted by atomic mass is 10.1. The van der Waals surface area contributed by atoms with E-state index in [4.69, 9.17) is 17.0 Å². The standard InChI is InChI=1S/C25H26N4O5S2/c1-4-12-28-24(31)22(36-25(28)35)13-17-10-11-19(27(5-2)6-3)15-21(17)34-16-23(30)26-18-8-7-9-20(14-18)29(32)33/h4,7-11,13-15H,1,5-6,12,16H2,2-3H3,(H,26,30)/b22-13+. The molecular formula is C25H26N4O5S2. The lowest BCUT2D eigenvalue weighted by Crippen LogP contribution is -2.27. The number of nitro groups is 1. The van der Waals surface area contributed by atoms with E-state index in [2.05, 4.69) is 16.8 Å². The first-order valence-electron chi connectivity index (χ1n) is 11.2. The van der Waals surface area contributed by atoms with E-state index < -0.39 is 10.8 Å². The Labute approximate surface area is 218 Å². The van der Waals surface area contributed by atoms with Crippen molar-refractivity contribution in [1.82, 2.24) is 4.90 Å². The summed E-state index contributed by atoms with van der Waals surface area (Å²) in [5, 5.41) is 13.6. The lowest BCUT2D eigenvalue weighted by Gasteiger charge is -2.22. The van der Waals surface area contributed by atoms with Crippen LogP contribution in [0.1, 0.15) is 19.4 Å². The molecule has 0 bridgehead atoms. The second kappa shape index (κ2) is 12.3. The van der Waals surface area contributed by atoms with Gasteiger partial charge in [0.2, 0.25) is 0 Å². The first kappa shape index (κ1) is 26.9. The van der Waals surface area contributed by atoms with Crippen LogP contribution >= 0.6 is 24.0 Å². The number of carbonyl (C=O) groups is 2. The van der Waals surface area contributed by atoms with Crippen LogP contribution in [-0.2, 0) is 9.59 Å². The summed E-state index contributed by atoms with van der Waals surface area (Å²) in [7, 11) is 0. The third-order valence-corrected chi connectivity index (χ3v) is 6.67. The number of benzene rings is 2. The second-order valence-corrected chi connectivity index (χ2v) is 9.30. The van der Waals surface area contributed by atoms with Crippen molar-refractivity contribution in [2.24, 2.45) is 0 Å². The lowest BCUT2D eigenvalue weighted by molar-refractivity contribution is -0.384. The molecule has 9 nitrogen and oxygen atoms in total. The van der Waals surface area contributed by atoms with E-state index in [1.165, 1.54) is 34.9 Å². The molecule has 1 aliphatic heterocycles. The van der Waals surface area contributed by atoms with Gasteiger partial charge in [-0.1, -0.05) is 36.1 Å². The summed E-state index contributed by atoms with van der Waals surface area (Å²) in [6.45, 7) is 9.29. The number of ether oxygens (including phenoxy) is 1. The van der Waals surface area contributed by atoms with Crippen molar-refractivity contribution in [2.75, 3.05) is 36.5 Å². The fourth-order valence-electron chi connectivity index (χ4n) is 3.52. The number of nitrogens with one attached hydrogen (secondary N) is 1. The average molecular weight is 527 g/mol. The molecule has 0 spiro atoms. The Bertz CT molecular complexity index is 1230. The van der Waals surface area contributed by atoms with Crippen LogP contribution in [0, 0.1) is 10.1 Å². The molecule has 1 N–H and O–H groups in total. The highest BCUT2D eigenvalue weighted by Crippen LogP contribution is 2.35. The summed E-state index contributed by atoms with van der Waals surface area (Å²) in [6, 6.07) is 11.3. The fraction of sp³-hybridized carbons (Fsp3) is 0.240. The molecule has 0 unspecified atom stereocenters. The molecule has 3 rings (SSSR count). The summed E-state index contributed by atoms with van der Waals surface area (Å²) in [6.07, 6.45) is 3.31. The number of hydrogen-bond donors (Lipinski definition) is 1. The average Bonchev–Trinajstić information content (AvgIpc) is 3.12. The van der Waals surface area contributed by atoms with Crippen molar-refractivity contribution >= 4 is 63.3 Å². The normalized spacial score (nSPS) is 14.2. The molecule has 36 heavy (non-hydrogen) atoms. The zero-order valence-electron chi connectivity index (χ0n) is 19.9. The smallest absolute Gasteiger partial charge is 0.271 e. The second-order valence-electron chi connectivity index (χ2n) is 7.62. The van der Waals surface area contributed by atoms with E-state index >= 15 is 0 Å². The molecule has 1 saturated heterocycles. The number of non-ortho nitro benzene ring substituents is 1. The minimum atomic E-state index is -0.533. The van der Waals surface area contributed by atoms with Crippen molar-refractivity contribution in [3.05, 3.63) is 75.7 Å². The summed E-state index contributed by atoms with van der Waals surface area (Å²) in [4.78, 5) is 39.8. The van der Waals surface area contributed by atoms with Gasteiger partial charge in [-0.05, 0) is 38.1 Å². The molecule has 2 aromatic carbocycles. The Morgan fingerprint density at radius 3 is 2.69 bits per heavy atom. The molecule has 0 aliphatic carbocycles. The summed E-state index contributed by atoms with van der Waals surface area (Å²) in [5.74, 6) is -0.276. The molecule has 2 amide bonds.